The Kier molecular flexibility index (Phi) is 3.66. The summed E-state index contributed by atoms with van der Waals surface area (Å²) in [5, 5.41) is 2.93. The van der Waals surface area contributed by atoms with Gasteiger partial charge in [0.1, 0.15) is 0 Å². The van der Waals surface area contributed by atoms with Gasteiger partial charge >= 0.3 is 0 Å². The minimum absolute atomic E-state index is 0.0580. The van der Waals surface area contributed by atoms with E-state index < -0.39 is 0 Å². The highest BCUT2D eigenvalue weighted by molar-refractivity contribution is 8.00. The van der Waals surface area contributed by atoms with Gasteiger partial charge < -0.3 is 11.1 Å². The number of nitrogen functional groups attached to an aromatic ring is 1. The molecule has 16 heavy (non-hydrogen) atoms. The highest BCUT2D eigenvalue weighted by Crippen LogP contribution is 2.26. The number of carbonyl (C=O) groups is 1. The highest BCUT2D eigenvalue weighted by atomic mass is 32.2. The number of carbonyl (C=O) groups excluding carboxylic acids is 1. The zero-order valence-electron chi connectivity index (χ0n) is 8.98. The van der Waals surface area contributed by atoms with Crippen LogP contribution in [0.5, 0.6) is 0 Å². The summed E-state index contributed by atoms with van der Waals surface area (Å²) in [6.45, 7) is 0. The van der Waals surface area contributed by atoms with Gasteiger partial charge in [0, 0.05) is 6.20 Å². The van der Waals surface area contributed by atoms with Crippen molar-refractivity contribution < 1.29 is 4.79 Å². The molecule has 5 heteroatoms. The summed E-state index contributed by atoms with van der Waals surface area (Å²) in [6, 6.07) is 1.72. The van der Waals surface area contributed by atoms with Crippen LogP contribution in [-0.4, -0.2) is 21.9 Å². The summed E-state index contributed by atoms with van der Waals surface area (Å²) in [5.41, 5.74) is 6.88. The van der Waals surface area contributed by atoms with Gasteiger partial charge in [-0.2, -0.15) is 0 Å². The summed E-state index contributed by atoms with van der Waals surface area (Å²) in [4.78, 5) is 15.8. The maximum Gasteiger partial charge on any atom is 0.237 e. The lowest BCUT2D eigenvalue weighted by Crippen LogP contribution is -2.27. The Morgan fingerprint density at radius 2 is 2.44 bits per heavy atom. The van der Waals surface area contributed by atoms with E-state index in [1.807, 2.05) is 0 Å². The van der Waals surface area contributed by atoms with Gasteiger partial charge in [-0.05, 0) is 24.7 Å². The fourth-order valence-electron chi connectivity index (χ4n) is 1.68. The van der Waals surface area contributed by atoms with Gasteiger partial charge in [-0.25, -0.2) is 0 Å². The van der Waals surface area contributed by atoms with Crippen LogP contribution in [0.2, 0.25) is 0 Å². The van der Waals surface area contributed by atoms with Gasteiger partial charge in [0.25, 0.3) is 0 Å². The van der Waals surface area contributed by atoms with Crippen molar-refractivity contribution >= 4 is 29.0 Å². The smallest absolute Gasteiger partial charge is 0.237 e. The molecule has 86 valence electrons. The molecule has 0 radical (unpaired) electrons. The summed E-state index contributed by atoms with van der Waals surface area (Å²) >= 11 is 1.73. The molecule has 3 N–H and O–H groups in total. The molecule has 1 aliphatic rings. The lowest BCUT2D eigenvalue weighted by Gasteiger charge is -2.20. The number of amides is 1. The predicted octanol–water partition coefficient (Wildman–Crippen LogP) is 1.89. The number of hydrogen-bond donors (Lipinski definition) is 2. The molecule has 1 saturated heterocycles. The van der Waals surface area contributed by atoms with Crippen LogP contribution in [0.3, 0.4) is 0 Å². The third-order valence-corrected chi connectivity index (χ3v) is 3.96. The Labute approximate surface area is 99.0 Å². The molecular weight excluding hydrogens is 222 g/mol. The molecule has 1 aliphatic heterocycles. The topological polar surface area (TPSA) is 68.0 Å². The molecule has 1 fully saturated rings. The van der Waals surface area contributed by atoms with Crippen molar-refractivity contribution in [2.75, 3.05) is 16.8 Å². The Morgan fingerprint density at radius 3 is 3.12 bits per heavy atom. The first-order chi connectivity index (χ1) is 7.77. The predicted molar refractivity (Wildman–Crippen MR) is 67.4 cm³/mol. The van der Waals surface area contributed by atoms with E-state index in [4.69, 9.17) is 5.73 Å². The first-order valence-electron chi connectivity index (χ1n) is 5.39. The minimum atomic E-state index is 0.0580. The van der Waals surface area contributed by atoms with E-state index in [0.29, 0.717) is 11.4 Å². The van der Waals surface area contributed by atoms with Crippen LogP contribution in [-0.2, 0) is 4.79 Å². The quantitative estimate of drug-likeness (QED) is 0.824. The third kappa shape index (κ3) is 2.66. The van der Waals surface area contributed by atoms with Crippen LogP contribution in [0.1, 0.15) is 19.3 Å². The molecule has 0 spiro atoms. The van der Waals surface area contributed by atoms with Gasteiger partial charge in [0.05, 0.1) is 22.8 Å². The standard InChI is InChI=1S/C11H15N3OS/c12-8-7-13-5-4-9(8)14-11(15)10-3-1-2-6-16-10/h4-5,7,10H,1-3,6,12H2,(H,13,14,15). The third-order valence-electron chi connectivity index (χ3n) is 2.58. The van der Waals surface area contributed by atoms with E-state index in [0.717, 1.165) is 18.6 Å². The zero-order chi connectivity index (χ0) is 11.4. The molecule has 0 saturated carbocycles. The van der Waals surface area contributed by atoms with Crippen molar-refractivity contribution in [3.05, 3.63) is 18.5 Å². The van der Waals surface area contributed by atoms with Crippen molar-refractivity contribution in [3.8, 4) is 0 Å². The van der Waals surface area contributed by atoms with Crippen LogP contribution >= 0.6 is 11.8 Å². The second-order valence-corrected chi connectivity index (χ2v) is 5.12. The Morgan fingerprint density at radius 1 is 1.56 bits per heavy atom. The molecule has 0 aliphatic carbocycles. The number of pyridine rings is 1. The molecule has 2 rings (SSSR count). The lowest BCUT2D eigenvalue weighted by molar-refractivity contribution is -0.115. The van der Waals surface area contributed by atoms with E-state index in [2.05, 4.69) is 10.3 Å². The van der Waals surface area contributed by atoms with Crippen LogP contribution < -0.4 is 11.1 Å². The second kappa shape index (κ2) is 5.21. The molecule has 2 heterocycles. The number of aromatic nitrogens is 1. The molecule has 1 atom stereocenters. The van der Waals surface area contributed by atoms with E-state index >= 15 is 0 Å². The fourth-order valence-corrected chi connectivity index (χ4v) is 2.88. The van der Waals surface area contributed by atoms with Crippen LogP contribution in [0.15, 0.2) is 18.5 Å². The number of nitrogens with one attached hydrogen (secondary N) is 1. The van der Waals surface area contributed by atoms with Gasteiger partial charge in [-0.3, -0.25) is 9.78 Å². The molecule has 1 unspecified atom stereocenters. The number of hydrogen-bond acceptors (Lipinski definition) is 4. The summed E-state index contributed by atoms with van der Waals surface area (Å²) < 4.78 is 0. The number of thioether (sulfide) groups is 1. The van der Waals surface area contributed by atoms with E-state index in [1.54, 1.807) is 30.2 Å². The van der Waals surface area contributed by atoms with Gasteiger partial charge in [-0.1, -0.05) is 6.42 Å². The van der Waals surface area contributed by atoms with Crippen molar-refractivity contribution in [1.82, 2.24) is 4.98 Å². The minimum Gasteiger partial charge on any atom is -0.396 e. The summed E-state index contributed by atoms with van der Waals surface area (Å²) in [5.74, 6) is 1.13. The number of nitrogens with two attached hydrogens (primary N) is 1. The van der Waals surface area contributed by atoms with Gasteiger partial charge in [0.15, 0.2) is 0 Å². The zero-order valence-corrected chi connectivity index (χ0v) is 9.80. The largest absolute Gasteiger partial charge is 0.396 e. The fraction of sp³-hybridized carbons (Fsp3) is 0.455. The first kappa shape index (κ1) is 11.3. The average molecular weight is 237 g/mol. The molecular formula is C11H15N3OS. The lowest BCUT2D eigenvalue weighted by atomic mass is 10.2. The Bertz CT molecular complexity index is 377. The van der Waals surface area contributed by atoms with Crippen LogP contribution in [0, 0.1) is 0 Å². The molecule has 1 amide bonds. The molecule has 4 nitrogen and oxygen atoms in total. The van der Waals surface area contributed by atoms with E-state index in [-0.39, 0.29) is 11.2 Å². The van der Waals surface area contributed by atoms with E-state index in [9.17, 15) is 4.79 Å². The van der Waals surface area contributed by atoms with Crippen molar-refractivity contribution in [2.24, 2.45) is 0 Å². The maximum absolute atomic E-state index is 11.9. The summed E-state index contributed by atoms with van der Waals surface area (Å²) in [7, 11) is 0. The van der Waals surface area contributed by atoms with Gasteiger partial charge in [-0.15, -0.1) is 11.8 Å². The molecule has 1 aromatic rings. The molecule has 1 aromatic heterocycles. The normalized spacial score (nSPS) is 20.4. The Hall–Kier alpha value is -1.23. The first-order valence-corrected chi connectivity index (χ1v) is 6.44. The van der Waals surface area contributed by atoms with Crippen LogP contribution in [0.4, 0.5) is 11.4 Å². The summed E-state index contributed by atoms with van der Waals surface area (Å²) in [6.07, 6.45) is 6.48. The molecule has 0 aromatic carbocycles. The highest BCUT2D eigenvalue weighted by Gasteiger charge is 2.21. The van der Waals surface area contributed by atoms with Crippen molar-refractivity contribution in [1.29, 1.82) is 0 Å². The number of nitrogens with zero attached hydrogens (tertiary/aromatic N) is 1. The monoisotopic (exact) mass is 237 g/mol. The van der Waals surface area contributed by atoms with Crippen molar-refractivity contribution in [3.63, 3.8) is 0 Å². The number of anilines is 2. The Balaban J connectivity index is 1.99. The van der Waals surface area contributed by atoms with Crippen LogP contribution in [0.25, 0.3) is 0 Å². The average Bonchev–Trinajstić information content (AvgIpc) is 2.33. The van der Waals surface area contributed by atoms with Gasteiger partial charge in [0.2, 0.25) is 5.91 Å². The maximum atomic E-state index is 11.9. The van der Waals surface area contributed by atoms with E-state index in [1.165, 1.54) is 6.42 Å². The number of rotatable bonds is 2. The van der Waals surface area contributed by atoms with Crippen molar-refractivity contribution in [2.45, 2.75) is 24.5 Å². The SMILES string of the molecule is Nc1cnccc1NC(=O)C1CCCCS1. The molecule has 0 bridgehead atoms. The second-order valence-electron chi connectivity index (χ2n) is 3.81.